The topological polar surface area (TPSA) is 123 Å². The maximum absolute atomic E-state index is 13.2. The molecule has 4 aromatic rings. The van der Waals surface area contributed by atoms with Crippen molar-refractivity contribution in [3.63, 3.8) is 0 Å². The van der Waals surface area contributed by atoms with E-state index < -0.39 is 17.2 Å². The number of aryl methyl sites for hydroxylation is 1. The highest BCUT2D eigenvalue weighted by atomic mass is 16.4. The van der Waals surface area contributed by atoms with Gasteiger partial charge in [0, 0.05) is 31.5 Å². The van der Waals surface area contributed by atoms with E-state index in [2.05, 4.69) is 10.3 Å². The number of hydrogen-bond donors (Lipinski definition) is 2. The van der Waals surface area contributed by atoms with Gasteiger partial charge in [-0.1, -0.05) is 12.1 Å². The number of rotatable bonds is 6. The van der Waals surface area contributed by atoms with Gasteiger partial charge in [-0.15, -0.1) is 0 Å². The molecule has 0 unspecified atom stereocenters. The van der Waals surface area contributed by atoms with Crippen molar-refractivity contribution in [2.75, 3.05) is 0 Å². The van der Waals surface area contributed by atoms with Crippen LogP contribution < -0.4 is 16.6 Å². The van der Waals surface area contributed by atoms with E-state index in [0.29, 0.717) is 23.2 Å². The lowest BCUT2D eigenvalue weighted by Gasteiger charge is -2.12. The third kappa shape index (κ3) is 4.42. The number of carboxylic acids is 1. The molecule has 0 saturated carbocycles. The van der Waals surface area contributed by atoms with Crippen molar-refractivity contribution in [1.29, 1.82) is 0 Å². The van der Waals surface area contributed by atoms with E-state index in [1.807, 2.05) is 0 Å². The molecule has 0 spiro atoms. The highest BCUT2D eigenvalue weighted by Crippen LogP contribution is 2.12. The third-order valence-electron chi connectivity index (χ3n) is 5.36. The van der Waals surface area contributed by atoms with Crippen LogP contribution in [0.3, 0.4) is 0 Å². The van der Waals surface area contributed by atoms with Crippen molar-refractivity contribution in [1.82, 2.24) is 19.4 Å². The Morgan fingerprint density at radius 3 is 2.27 bits per heavy atom. The number of benzene rings is 2. The molecule has 2 heterocycles. The van der Waals surface area contributed by atoms with Crippen molar-refractivity contribution in [2.45, 2.75) is 13.1 Å². The van der Waals surface area contributed by atoms with Crippen LogP contribution in [0.1, 0.15) is 31.8 Å². The Labute approximate surface area is 187 Å². The Morgan fingerprint density at radius 2 is 1.61 bits per heavy atom. The van der Waals surface area contributed by atoms with E-state index in [-0.39, 0.29) is 23.4 Å². The van der Waals surface area contributed by atoms with Crippen LogP contribution in [-0.2, 0) is 20.1 Å². The average Bonchev–Trinajstić information content (AvgIpc) is 2.84. The molecule has 0 atom stereocenters. The molecule has 2 N–H and O–H groups in total. The van der Waals surface area contributed by atoms with Crippen LogP contribution in [0.15, 0.2) is 76.6 Å². The van der Waals surface area contributed by atoms with Gasteiger partial charge in [-0.25, -0.2) is 9.59 Å². The summed E-state index contributed by atoms with van der Waals surface area (Å²) < 4.78 is 2.41. The average molecular weight is 444 g/mol. The summed E-state index contributed by atoms with van der Waals surface area (Å²) in [5.41, 5.74) is 1.27. The number of carbonyl (C=O) groups excluding carboxylic acids is 1. The maximum Gasteiger partial charge on any atom is 0.335 e. The predicted octanol–water partition coefficient (Wildman–Crippen LogP) is 1.77. The minimum absolute atomic E-state index is 0.0280. The van der Waals surface area contributed by atoms with Crippen LogP contribution in [-0.4, -0.2) is 31.1 Å². The fraction of sp³-hybridized carbons (Fsp3) is 0.125. The molecule has 0 fully saturated rings. The maximum atomic E-state index is 13.2. The van der Waals surface area contributed by atoms with Gasteiger partial charge in [0.15, 0.2) is 0 Å². The number of hydrogen-bond acceptors (Lipinski definition) is 5. The van der Waals surface area contributed by atoms with Crippen molar-refractivity contribution >= 4 is 22.8 Å². The van der Waals surface area contributed by atoms with Crippen LogP contribution in [0, 0.1) is 0 Å². The molecule has 4 rings (SSSR count). The second-order valence-corrected chi connectivity index (χ2v) is 7.51. The number of amides is 1. The quantitative estimate of drug-likeness (QED) is 0.467. The monoisotopic (exact) mass is 444 g/mol. The number of aromatic nitrogens is 3. The number of pyridine rings is 1. The lowest BCUT2D eigenvalue weighted by Crippen LogP contribution is -2.39. The zero-order chi connectivity index (χ0) is 23.5. The molecule has 2 aromatic carbocycles. The highest BCUT2D eigenvalue weighted by molar-refractivity contribution is 5.97. The Balaban J connectivity index is 1.67. The van der Waals surface area contributed by atoms with Crippen molar-refractivity contribution < 1.29 is 14.7 Å². The van der Waals surface area contributed by atoms with Gasteiger partial charge in [-0.05, 0) is 53.6 Å². The van der Waals surface area contributed by atoms with Gasteiger partial charge in [0.1, 0.15) is 0 Å². The number of nitrogens with zero attached hydrogens (tertiary/aromatic N) is 3. The van der Waals surface area contributed by atoms with Crippen LogP contribution in [0.2, 0.25) is 0 Å². The SMILES string of the molecule is Cn1c(=O)n(Cc2ccc(C(=O)O)cc2)c(=O)c2cc(C(=O)NCc3ccncc3)ccc21. The number of carbonyl (C=O) groups is 2. The van der Waals surface area contributed by atoms with Crippen molar-refractivity contribution in [3.8, 4) is 0 Å². The molecule has 0 aliphatic carbocycles. The predicted molar refractivity (Wildman–Crippen MR) is 121 cm³/mol. The first-order valence-corrected chi connectivity index (χ1v) is 10.1. The van der Waals surface area contributed by atoms with Crippen LogP contribution >= 0.6 is 0 Å². The van der Waals surface area contributed by atoms with Gasteiger partial charge in [0.25, 0.3) is 11.5 Å². The van der Waals surface area contributed by atoms with E-state index in [1.54, 1.807) is 55.8 Å². The molecule has 0 bridgehead atoms. The first-order chi connectivity index (χ1) is 15.8. The highest BCUT2D eigenvalue weighted by Gasteiger charge is 2.15. The van der Waals surface area contributed by atoms with E-state index in [0.717, 1.165) is 10.1 Å². The van der Waals surface area contributed by atoms with Gasteiger partial charge in [0.05, 0.1) is 23.0 Å². The molecule has 0 radical (unpaired) electrons. The number of carboxylic acid groups (broad SMARTS) is 1. The molecule has 1 amide bonds. The zero-order valence-corrected chi connectivity index (χ0v) is 17.7. The largest absolute Gasteiger partial charge is 0.478 e. The molecule has 33 heavy (non-hydrogen) atoms. The summed E-state index contributed by atoms with van der Waals surface area (Å²) in [4.78, 5) is 53.6. The Bertz CT molecular complexity index is 1470. The molecule has 166 valence electrons. The second-order valence-electron chi connectivity index (χ2n) is 7.51. The van der Waals surface area contributed by atoms with E-state index in [9.17, 15) is 19.2 Å². The Morgan fingerprint density at radius 1 is 0.939 bits per heavy atom. The minimum Gasteiger partial charge on any atom is -0.478 e. The second kappa shape index (κ2) is 8.91. The summed E-state index contributed by atoms with van der Waals surface area (Å²) in [6.45, 7) is 0.281. The molecular formula is C24H20N4O5. The lowest BCUT2D eigenvalue weighted by molar-refractivity contribution is 0.0696. The van der Waals surface area contributed by atoms with E-state index in [1.165, 1.54) is 22.8 Å². The van der Waals surface area contributed by atoms with E-state index >= 15 is 0 Å². The molecule has 0 aliphatic rings. The summed E-state index contributed by atoms with van der Waals surface area (Å²) in [7, 11) is 1.55. The molecule has 0 saturated heterocycles. The molecule has 0 aliphatic heterocycles. The van der Waals surface area contributed by atoms with Gasteiger partial charge in [0.2, 0.25) is 0 Å². The van der Waals surface area contributed by atoms with Crippen molar-refractivity contribution in [3.05, 3.63) is 110 Å². The third-order valence-corrected chi connectivity index (χ3v) is 5.36. The van der Waals surface area contributed by atoms with Gasteiger partial charge < -0.3 is 10.4 Å². The van der Waals surface area contributed by atoms with Crippen LogP contribution in [0.5, 0.6) is 0 Å². The van der Waals surface area contributed by atoms with Gasteiger partial charge >= 0.3 is 11.7 Å². The molecule has 9 heteroatoms. The smallest absolute Gasteiger partial charge is 0.335 e. The first kappa shape index (κ1) is 21.7. The van der Waals surface area contributed by atoms with Gasteiger partial charge in [-0.3, -0.25) is 23.7 Å². The van der Waals surface area contributed by atoms with E-state index in [4.69, 9.17) is 5.11 Å². The summed E-state index contributed by atoms with van der Waals surface area (Å²) in [5, 5.41) is 12.1. The summed E-state index contributed by atoms with van der Waals surface area (Å²) in [6, 6.07) is 14.1. The van der Waals surface area contributed by atoms with Crippen molar-refractivity contribution in [2.24, 2.45) is 7.05 Å². The fourth-order valence-corrected chi connectivity index (χ4v) is 3.52. The summed E-state index contributed by atoms with van der Waals surface area (Å²) >= 11 is 0. The standard InChI is InChI=1S/C24H20N4O5/c1-27-20-7-6-18(21(29)26-13-15-8-10-25-11-9-15)12-19(20)22(30)28(24(27)33)14-16-2-4-17(5-3-16)23(31)32/h2-12H,13-14H2,1H3,(H,26,29)(H,31,32). The number of aromatic carboxylic acids is 1. The minimum atomic E-state index is -1.06. The first-order valence-electron chi connectivity index (χ1n) is 10.1. The molecule has 2 aromatic heterocycles. The fourth-order valence-electron chi connectivity index (χ4n) is 3.52. The summed E-state index contributed by atoms with van der Waals surface area (Å²) in [5.74, 6) is -1.41. The van der Waals surface area contributed by atoms with Crippen LogP contribution in [0.4, 0.5) is 0 Å². The van der Waals surface area contributed by atoms with Crippen LogP contribution in [0.25, 0.3) is 10.9 Å². The Hall–Kier alpha value is -4.53. The molecular weight excluding hydrogens is 424 g/mol. The summed E-state index contributed by atoms with van der Waals surface area (Å²) in [6.07, 6.45) is 3.27. The zero-order valence-electron chi connectivity index (χ0n) is 17.7. The molecule has 9 nitrogen and oxygen atoms in total. The Kier molecular flexibility index (Phi) is 5.86. The number of fused-ring (bicyclic) bond motifs is 1. The van der Waals surface area contributed by atoms with Gasteiger partial charge in [-0.2, -0.15) is 0 Å². The number of nitrogens with one attached hydrogen (secondary N) is 1. The lowest BCUT2D eigenvalue weighted by atomic mass is 10.1. The normalized spacial score (nSPS) is 10.8.